The van der Waals surface area contributed by atoms with Gasteiger partial charge >= 0.3 is 0 Å². The summed E-state index contributed by atoms with van der Waals surface area (Å²) in [4.78, 5) is 0. The molecule has 0 radical (unpaired) electrons. The predicted molar refractivity (Wildman–Crippen MR) is 89.9 cm³/mol. The van der Waals surface area contributed by atoms with Gasteiger partial charge < -0.3 is 4.74 Å². The average Bonchev–Trinajstić information content (AvgIpc) is 2.96. The van der Waals surface area contributed by atoms with E-state index in [0.717, 1.165) is 34.3 Å². The third kappa shape index (κ3) is 4.01. The summed E-state index contributed by atoms with van der Waals surface area (Å²) in [7, 11) is 0. The van der Waals surface area contributed by atoms with Crippen LogP contribution in [-0.2, 0) is 12.5 Å². The highest BCUT2D eigenvalue weighted by Crippen LogP contribution is 2.30. The SMILES string of the molecule is CCC(CC)n1ccc(COc2c(Br)cccc2CCl)n1. The summed E-state index contributed by atoms with van der Waals surface area (Å²) in [6, 6.07) is 8.34. The summed E-state index contributed by atoms with van der Waals surface area (Å²) in [5.74, 6) is 1.22. The van der Waals surface area contributed by atoms with Crippen LogP contribution in [0.15, 0.2) is 34.9 Å². The quantitative estimate of drug-likeness (QED) is 0.615. The number of nitrogens with zero attached hydrogens (tertiary/aromatic N) is 2. The fraction of sp³-hybridized carbons (Fsp3) is 0.438. The zero-order valence-electron chi connectivity index (χ0n) is 12.4. The molecule has 0 saturated heterocycles. The van der Waals surface area contributed by atoms with Crippen molar-refractivity contribution >= 4 is 27.5 Å². The number of alkyl halides is 1. The molecule has 0 aliphatic rings. The van der Waals surface area contributed by atoms with E-state index in [9.17, 15) is 0 Å². The predicted octanol–water partition coefficient (Wildman–Crippen LogP) is 5.32. The molecule has 0 atom stereocenters. The fourth-order valence-corrected chi connectivity index (χ4v) is 3.02. The summed E-state index contributed by atoms with van der Waals surface area (Å²) in [6.07, 6.45) is 4.19. The van der Waals surface area contributed by atoms with Gasteiger partial charge in [0.05, 0.1) is 22.1 Å². The van der Waals surface area contributed by atoms with E-state index in [1.807, 2.05) is 35.1 Å². The van der Waals surface area contributed by atoms with Gasteiger partial charge in [-0.15, -0.1) is 11.6 Å². The molecule has 0 bridgehead atoms. The van der Waals surface area contributed by atoms with Gasteiger partial charge in [-0.3, -0.25) is 4.68 Å². The molecule has 0 aliphatic carbocycles. The third-order valence-corrected chi connectivity index (χ3v) is 4.45. The van der Waals surface area contributed by atoms with Gasteiger partial charge in [0, 0.05) is 11.8 Å². The number of para-hydroxylation sites is 1. The van der Waals surface area contributed by atoms with E-state index in [1.165, 1.54) is 0 Å². The number of hydrogen-bond donors (Lipinski definition) is 0. The Hall–Kier alpha value is -1.00. The van der Waals surface area contributed by atoms with Gasteiger partial charge in [-0.25, -0.2) is 0 Å². The molecular formula is C16H20BrClN2O. The Morgan fingerprint density at radius 1 is 1.29 bits per heavy atom. The maximum absolute atomic E-state index is 5.95. The fourth-order valence-electron chi connectivity index (χ4n) is 2.29. The van der Waals surface area contributed by atoms with Gasteiger partial charge in [-0.05, 0) is 40.9 Å². The normalized spacial score (nSPS) is 11.1. The smallest absolute Gasteiger partial charge is 0.138 e. The molecule has 0 spiro atoms. The van der Waals surface area contributed by atoms with Gasteiger partial charge in [0.15, 0.2) is 0 Å². The van der Waals surface area contributed by atoms with Crippen molar-refractivity contribution in [3.63, 3.8) is 0 Å². The number of ether oxygens (including phenoxy) is 1. The molecule has 1 aromatic carbocycles. The average molecular weight is 372 g/mol. The van der Waals surface area contributed by atoms with Crippen molar-refractivity contribution in [3.05, 3.63) is 46.2 Å². The number of benzene rings is 1. The standard InChI is InChI=1S/C16H20BrClN2O/c1-3-14(4-2)20-9-8-13(19-20)11-21-16-12(10-18)6-5-7-15(16)17/h5-9,14H,3-4,10-11H2,1-2H3. The second kappa shape index (κ2) is 7.85. The third-order valence-electron chi connectivity index (χ3n) is 3.54. The second-order valence-electron chi connectivity index (χ2n) is 4.91. The van der Waals surface area contributed by atoms with E-state index in [4.69, 9.17) is 16.3 Å². The Balaban J connectivity index is 2.07. The second-order valence-corrected chi connectivity index (χ2v) is 6.03. The van der Waals surface area contributed by atoms with Crippen molar-refractivity contribution < 1.29 is 4.74 Å². The Morgan fingerprint density at radius 2 is 2.05 bits per heavy atom. The highest BCUT2D eigenvalue weighted by molar-refractivity contribution is 9.10. The Kier molecular flexibility index (Phi) is 6.12. The van der Waals surface area contributed by atoms with Crippen LogP contribution in [0, 0.1) is 0 Å². The van der Waals surface area contributed by atoms with Crippen LogP contribution in [-0.4, -0.2) is 9.78 Å². The first-order chi connectivity index (χ1) is 10.2. The van der Waals surface area contributed by atoms with Crippen molar-refractivity contribution in [2.75, 3.05) is 0 Å². The van der Waals surface area contributed by atoms with Gasteiger partial charge in [0.2, 0.25) is 0 Å². The molecule has 0 saturated carbocycles. The molecule has 1 heterocycles. The van der Waals surface area contributed by atoms with E-state index >= 15 is 0 Å². The molecule has 114 valence electrons. The molecule has 21 heavy (non-hydrogen) atoms. The van der Waals surface area contributed by atoms with Crippen molar-refractivity contribution in [2.24, 2.45) is 0 Å². The van der Waals surface area contributed by atoms with Gasteiger partial charge in [-0.1, -0.05) is 26.0 Å². The highest BCUT2D eigenvalue weighted by atomic mass is 79.9. The van der Waals surface area contributed by atoms with Gasteiger partial charge in [0.25, 0.3) is 0 Å². The summed E-state index contributed by atoms with van der Waals surface area (Å²) in [5.41, 5.74) is 1.91. The minimum atomic E-state index is 0.428. The Morgan fingerprint density at radius 3 is 2.71 bits per heavy atom. The van der Waals surface area contributed by atoms with E-state index in [2.05, 4.69) is 34.9 Å². The van der Waals surface area contributed by atoms with Crippen molar-refractivity contribution in [1.82, 2.24) is 9.78 Å². The summed E-state index contributed by atoms with van der Waals surface area (Å²) in [5, 5.41) is 4.60. The van der Waals surface area contributed by atoms with Crippen LogP contribution in [0.1, 0.15) is 44.0 Å². The zero-order valence-corrected chi connectivity index (χ0v) is 14.7. The monoisotopic (exact) mass is 370 g/mol. The lowest BCUT2D eigenvalue weighted by molar-refractivity contribution is 0.293. The molecule has 0 N–H and O–H groups in total. The van der Waals surface area contributed by atoms with Crippen molar-refractivity contribution in [3.8, 4) is 5.75 Å². The van der Waals surface area contributed by atoms with E-state index in [1.54, 1.807) is 0 Å². The topological polar surface area (TPSA) is 27.1 Å². The van der Waals surface area contributed by atoms with Crippen LogP contribution < -0.4 is 4.74 Å². The Labute approximate surface area is 139 Å². The minimum Gasteiger partial charge on any atom is -0.486 e. The van der Waals surface area contributed by atoms with E-state index in [0.29, 0.717) is 18.5 Å². The van der Waals surface area contributed by atoms with Crippen LogP contribution in [0.3, 0.4) is 0 Å². The largest absolute Gasteiger partial charge is 0.486 e. The molecule has 3 nitrogen and oxygen atoms in total. The molecule has 2 rings (SSSR count). The molecule has 0 fully saturated rings. The van der Waals surface area contributed by atoms with Gasteiger partial charge in [0.1, 0.15) is 12.4 Å². The first-order valence-corrected chi connectivity index (χ1v) is 8.52. The van der Waals surface area contributed by atoms with Crippen LogP contribution in [0.2, 0.25) is 0 Å². The number of aromatic nitrogens is 2. The van der Waals surface area contributed by atoms with Crippen molar-refractivity contribution in [2.45, 2.75) is 45.2 Å². The lowest BCUT2D eigenvalue weighted by atomic mass is 10.2. The van der Waals surface area contributed by atoms with E-state index < -0.39 is 0 Å². The Bertz CT molecular complexity index is 581. The lowest BCUT2D eigenvalue weighted by Crippen LogP contribution is -2.08. The lowest BCUT2D eigenvalue weighted by Gasteiger charge is -2.13. The number of rotatable bonds is 7. The molecular weight excluding hydrogens is 352 g/mol. The molecule has 0 aliphatic heterocycles. The molecule has 0 amide bonds. The van der Waals surface area contributed by atoms with Crippen molar-refractivity contribution in [1.29, 1.82) is 0 Å². The maximum Gasteiger partial charge on any atom is 0.138 e. The van der Waals surface area contributed by atoms with Gasteiger partial charge in [-0.2, -0.15) is 5.10 Å². The van der Waals surface area contributed by atoms with Crippen LogP contribution in [0.25, 0.3) is 0 Å². The maximum atomic E-state index is 5.95. The zero-order chi connectivity index (χ0) is 15.2. The first-order valence-electron chi connectivity index (χ1n) is 7.19. The van der Waals surface area contributed by atoms with E-state index in [-0.39, 0.29) is 0 Å². The minimum absolute atomic E-state index is 0.428. The highest BCUT2D eigenvalue weighted by Gasteiger charge is 2.11. The van der Waals surface area contributed by atoms with Crippen LogP contribution in [0.5, 0.6) is 5.75 Å². The molecule has 5 heteroatoms. The number of hydrogen-bond acceptors (Lipinski definition) is 2. The number of halogens is 2. The molecule has 2 aromatic rings. The molecule has 1 aromatic heterocycles. The van der Waals surface area contributed by atoms with Crippen LogP contribution >= 0.6 is 27.5 Å². The summed E-state index contributed by atoms with van der Waals surface area (Å²) >= 11 is 9.45. The first kappa shape index (κ1) is 16.4. The van der Waals surface area contributed by atoms with Crippen LogP contribution in [0.4, 0.5) is 0 Å². The molecule has 0 unspecified atom stereocenters. The summed E-state index contributed by atoms with van der Waals surface area (Å²) < 4.78 is 8.84. The summed E-state index contributed by atoms with van der Waals surface area (Å²) in [6.45, 7) is 4.80.